The number of aromatic nitrogens is 2. The van der Waals surface area contributed by atoms with Crippen molar-refractivity contribution in [1.29, 1.82) is 5.41 Å². The molecule has 2 heterocycles. The molecular weight excluding hydrogens is 230 g/mol. The molecule has 0 spiro atoms. The number of nitrogens with two attached hydrogens (primary N) is 1. The molecule has 1 unspecified atom stereocenters. The van der Waals surface area contributed by atoms with E-state index in [0.717, 1.165) is 26.2 Å². The van der Waals surface area contributed by atoms with Gasteiger partial charge in [-0.25, -0.2) is 0 Å². The Morgan fingerprint density at radius 2 is 2.50 bits per heavy atom. The van der Waals surface area contributed by atoms with E-state index in [-0.39, 0.29) is 5.84 Å². The standard InChI is InChI=1S/C12H19N5O/c1-17(7-9-3-2-6-18-8-9)12-10(11(13)14)4-5-15-16-12/h4-5,9H,2-3,6-8H2,1H3,(H3,13,14). The predicted octanol–water partition coefficient (Wildman–Crippen LogP) is 0.623. The highest BCUT2D eigenvalue weighted by molar-refractivity contribution is 5.99. The second kappa shape index (κ2) is 5.77. The molecule has 0 saturated carbocycles. The molecule has 1 aromatic rings. The van der Waals surface area contributed by atoms with Gasteiger partial charge in [0.05, 0.1) is 18.4 Å². The molecule has 98 valence electrons. The fourth-order valence-electron chi connectivity index (χ4n) is 2.24. The van der Waals surface area contributed by atoms with Crippen LogP contribution in [0.2, 0.25) is 0 Å². The molecule has 0 radical (unpaired) electrons. The molecule has 1 fully saturated rings. The summed E-state index contributed by atoms with van der Waals surface area (Å²) >= 11 is 0. The number of amidine groups is 1. The van der Waals surface area contributed by atoms with Crippen LogP contribution in [0.25, 0.3) is 0 Å². The van der Waals surface area contributed by atoms with Gasteiger partial charge in [-0.05, 0) is 24.8 Å². The molecule has 18 heavy (non-hydrogen) atoms. The number of hydrogen-bond donors (Lipinski definition) is 2. The first kappa shape index (κ1) is 12.8. The minimum absolute atomic E-state index is 0.0200. The Kier molecular flexibility index (Phi) is 4.09. The first-order valence-corrected chi connectivity index (χ1v) is 6.13. The lowest BCUT2D eigenvalue weighted by molar-refractivity contribution is 0.0576. The molecule has 1 aliphatic heterocycles. The van der Waals surface area contributed by atoms with Crippen molar-refractivity contribution in [3.8, 4) is 0 Å². The Bertz CT molecular complexity index is 417. The van der Waals surface area contributed by atoms with Gasteiger partial charge in [0.1, 0.15) is 5.84 Å². The van der Waals surface area contributed by atoms with E-state index in [0.29, 0.717) is 17.3 Å². The normalized spacial score (nSPS) is 19.5. The molecule has 0 amide bonds. The SMILES string of the molecule is CN(CC1CCCOC1)c1nnccc1C(=N)N. The summed E-state index contributed by atoms with van der Waals surface area (Å²) in [5.74, 6) is 1.19. The second-order valence-electron chi connectivity index (χ2n) is 4.65. The van der Waals surface area contributed by atoms with Crippen LogP contribution in [0.3, 0.4) is 0 Å². The smallest absolute Gasteiger partial charge is 0.162 e. The minimum atomic E-state index is 0.0200. The zero-order valence-electron chi connectivity index (χ0n) is 10.6. The topological polar surface area (TPSA) is 88.1 Å². The van der Waals surface area contributed by atoms with E-state index in [4.69, 9.17) is 15.9 Å². The highest BCUT2D eigenvalue weighted by atomic mass is 16.5. The van der Waals surface area contributed by atoms with Crippen LogP contribution in [0.4, 0.5) is 5.82 Å². The van der Waals surface area contributed by atoms with Crippen LogP contribution in [0.1, 0.15) is 18.4 Å². The first-order chi connectivity index (χ1) is 8.68. The van der Waals surface area contributed by atoms with E-state index in [1.54, 1.807) is 12.3 Å². The van der Waals surface area contributed by atoms with Crippen LogP contribution in [0.5, 0.6) is 0 Å². The summed E-state index contributed by atoms with van der Waals surface area (Å²) in [6.45, 7) is 2.50. The van der Waals surface area contributed by atoms with E-state index in [1.165, 1.54) is 6.42 Å². The van der Waals surface area contributed by atoms with Gasteiger partial charge in [-0.2, -0.15) is 5.10 Å². The van der Waals surface area contributed by atoms with Crippen molar-refractivity contribution in [3.63, 3.8) is 0 Å². The minimum Gasteiger partial charge on any atom is -0.384 e. The maximum absolute atomic E-state index is 7.55. The Morgan fingerprint density at radius 1 is 1.67 bits per heavy atom. The number of ether oxygens (including phenoxy) is 1. The van der Waals surface area contributed by atoms with Crippen molar-refractivity contribution >= 4 is 11.7 Å². The summed E-state index contributed by atoms with van der Waals surface area (Å²) in [5, 5.41) is 15.5. The van der Waals surface area contributed by atoms with Crippen LogP contribution in [0, 0.1) is 11.3 Å². The van der Waals surface area contributed by atoms with Crippen molar-refractivity contribution < 1.29 is 4.74 Å². The maximum Gasteiger partial charge on any atom is 0.162 e. The summed E-state index contributed by atoms with van der Waals surface area (Å²) in [5.41, 5.74) is 6.18. The Balaban J connectivity index is 2.08. The highest BCUT2D eigenvalue weighted by Gasteiger charge is 2.19. The van der Waals surface area contributed by atoms with Crippen molar-refractivity contribution in [3.05, 3.63) is 17.8 Å². The Morgan fingerprint density at radius 3 is 3.17 bits per heavy atom. The van der Waals surface area contributed by atoms with Crippen LogP contribution < -0.4 is 10.6 Å². The van der Waals surface area contributed by atoms with Crippen molar-refractivity contribution in [2.24, 2.45) is 11.7 Å². The van der Waals surface area contributed by atoms with Gasteiger partial charge in [0.25, 0.3) is 0 Å². The van der Waals surface area contributed by atoms with Crippen molar-refractivity contribution in [2.75, 3.05) is 31.7 Å². The van der Waals surface area contributed by atoms with Gasteiger partial charge < -0.3 is 15.4 Å². The molecule has 3 N–H and O–H groups in total. The van der Waals surface area contributed by atoms with Gasteiger partial charge >= 0.3 is 0 Å². The quantitative estimate of drug-likeness (QED) is 0.603. The maximum atomic E-state index is 7.55. The third-order valence-electron chi connectivity index (χ3n) is 3.14. The molecule has 1 saturated heterocycles. The van der Waals surface area contributed by atoms with Gasteiger partial charge in [0.2, 0.25) is 0 Å². The van der Waals surface area contributed by atoms with E-state index in [2.05, 4.69) is 10.2 Å². The van der Waals surface area contributed by atoms with E-state index in [9.17, 15) is 0 Å². The van der Waals surface area contributed by atoms with Gasteiger partial charge in [-0.3, -0.25) is 5.41 Å². The van der Waals surface area contributed by atoms with Gasteiger partial charge in [-0.15, -0.1) is 5.10 Å². The number of hydrogen-bond acceptors (Lipinski definition) is 5. The van der Waals surface area contributed by atoms with E-state index < -0.39 is 0 Å². The van der Waals surface area contributed by atoms with Crippen molar-refractivity contribution in [1.82, 2.24) is 10.2 Å². The van der Waals surface area contributed by atoms with Gasteiger partial charge in [-0.1, -0.05) is 0 Å². The molecule has 0 aliphatic carbocycles. The molecule has 1 atom stereocenters. The lowest BCUT2D eigenvalue weighted by atomic mass is 10.0. The van der Waals surface area contributed by atoms with Crippen LogP contribution in [-0.2, 0) is 4.74 Å². The van der Waals surface area contributed by atoms with Crippen LogP contribution in [0.15, 0.2) is 12.3 Å². The van der Waals surface area contributed by atoms with Crippen LogP contribution >= 0.6 is 0 Å². The third kappa shape index (κ3) is 2.95. The third-order valence-corrected chi connectivity index (χ3v) is 3.14. The van der Waals surface area contributed by atoms with Gasteiger partial charge in [0, 0.05) is 20.2 Å². The second-order valence-corrected chi connectivity index (χ2v) is 4.65. The molecule has 0 aromatic carbocycles. The molecule has 2 rings (SSSR count). The largest absolute Gasteiger partial charge is 0.384 e. The zero-order valence-corrected chi connectivity index (χ0v) is 10.6. The average Bonchev–Trinajstić information content (AvgIpc) is 2.40. The fraction of sp³-hybridized carbons (Fsp3) is 0.583. The predicted molar refractivity (Wildman–Crippen MR) is 69.9 cm³/mol. The highest BCUT2D eigenvalue weighted by Crippen LogP contribution is 2.19. The fourth-order valence-corrected chi connectivity index (χ4v) is 2.24. The average molecular weight is 249 g/mol. The number of nitrogen functional groups attached to an aromatic ring is 1. The first-order valence-electron chi connectivity index (χ1n) is 6.13. The zero-order chi connectivity index (χ0) is 13.0. The molecule has 1 aliphatic rings. The number of rotatable bonds is 4. The van der Waals surface area contributed by atoms with Crippen molar-refractivity contribution in [2.45, 2.75) is 12.8 Å². The molecule has 6 nitrogen and oxygen atoms in total. The summed E-state index contributed by atoms with van der Waals surface area (Å²) in [4.78, 5) is 2.00. The van der Waals surface area contributed by atoms with E-state index >= 15 is 0 Å². The summed E-state index contributed by atoms with van der Waals surface area (Å²) in [7, 11) is 1.95. The Labute approximate surface area is 107 Å². The Hall–Kier alpha value is -1.69. The lowest BCUT2D eigenvalue weighted by Crippen LogP contribution is -2.33. The summed E-state index contributed by atoms with van der Waals surface area (Å²) in [6, 6.07) is 1.72. The number of anilines is 1. The van der Waals surface area contributed by atoms with Crippen LogP contribution in [-0.4, -0.2) is 42.8 Å². The van der Waals surface area contributed by atoms with Gasteiger partial charge in [0.15, 0.2) is 5.82 Å². The monoisotopic (exact) mass is 249 g/mol. The van der Waals surface area contributed by atoms with E-state index in [1.807, 2.05) is 11.9 Å². The number of nitrogens with one attached hydrogen (secondary N) is 1. The summed E-state index contributed by atoms with van der Waals surface area (Å²) < 4.78 is 5.47. The molecular formula is C12H19N5O. The molecule has 0 bridgehead atoms. The summed E-state index contributed by atoms with van der Waals surface area (Å²) in [6.07, 6.45) is 3.83. The lowest BCUT2D eigenvalue weighted by Gasteiger charge is -2.28. The number of nitrogens with zero attached hydrogens (tertiary/aromatic N) is 3. The molecule has 6 heteroatoms. The molecule has 1 aromatic heterocycles.